The summed E-state index contributed by atoms with van der Waals surface area (Å²) in [6.07, 6.45) is 6.78. The molecule has 3 aromatic rings. The van der Waals surface area contributed by atoms with Crippen molar-refractivity contribution in [2.24, 2.45) is 17.1 Å². The first-order valence-electron chi connectivity index (χ1n) is 12.2. The molecule has 0 spiro atoms. The molecule has 1 saturated carbocycles. The quantitative estimate of drug-likeness (QED) is 0.529. The van der Waals surface area contributed by atoms with Crippen LogP contribution in [0.3, 0.4) is 0 Å². The fourth-order valence-corrected chi connectivity index (χ4v) is 5.59. The molecule has 5 nitrogen and oxygen atoms in total. The van der Waals surface area contributed by atoms with Gasteiger partial charge in [-0.15, -0.1) is 0 Å². The summed E-state index contributed by atoms with van der Waals surface area (Å²) < 4.78 is 4.31. The van der Waals surface area contributed by atoms with Crippen molar-refractivity contribution in [1.82, 2.24) is 4.57 Å². The highest BCUT2D eigenvalue weighted by atomic mass is 16.1. The van der Waals surface area contributed by atoms with Crippen LogP contribution in [0.5, 0.6) is 0 Å². The van der Waals surface area contributed by atoms with Crippen LogP contribution in [0, 0.1) is 18.3 Å². The molecule has 34 heavy (non-hydrogen) atoms. The summed E-state index contributed by atoms with van der Waals surface area (Å²) in [6.45, 7) is 8.32. The predicted molar refractivity (Wildman–Crippen MR) is 133 cm³/mol. The van der Waals surface area contributed by atoms with Crippen molar-refractivity contribution in [3.63, 3.8) is 0 Å². The number of hydrogen-bond donors (Lipinski definition) is 1. The molecule has 1 aliphatic carbocycles. The topological polar surface area (TPSA) is 69.0 Å². The summed E-state index contributed by atoms with van der Waals surface area (Å²) in [6, 6.07) is 20.2. The average Bonchev–Trinajstić information content (AvgIpc) is 3.42. The van der Waals surface area contributed by atoms with Crippen LogP contribution in [0.4, 0.5) is 0 Å². The molecule has 2 N–H and O–H groups in total. The summed E-state index contributed by atoms with van der Waals surface area (Å²) in [5.74, 6) is 1.05. The molecule has 2 aromatic carbocycles. The molecule has 1 fully saturated rings. The van der Waals surface area contributed by atoms with E-state index in [-0.39, 0.29) is 29.1 Å². The monoisotopic (exact) mass is 458 g/mol. The first-order chi connectivity index (χ1) is 16.2. The molecule has 4 rings (SSSR count). The van der Waals surface area contributed by atoms with Gasteiger partial charge in [0.2, 0.25) is 5.91 Å². The number of rotatable bonds is 7. The maximum atomic E-state index is 13.3. The van der Waals surface area contributed by atoms with Gasteiger partial charge in [0.1, 0.15) is 30.4 Å². The molecule has 1 amide bonds. The highest BCUT2D eigenvalue weighted by Crippen LogP contribution is 2.49. The molecule has 0 saturated heterocycles. The molecule has 0 unspecified atom stereocenters. The highest BCUT2D eigenvalue weighted by Gasteiger charge is 2.51. The highest BCUT2D eigenvalue weighted by molar-refractivity contribution is 5.91. The van der Waals surface area contributed by atoms with Crippen molar-refractivity contribution in [3.8, 4) is 0 Å². The minimum Gasteiger partial charge on any atom is -0.369 e. The van der Waals surface area contributed by atoms with Crippen LogP contribution in [-0.2, 0) is 21.5 Å². The summed E-state index contributed by atoms with van der Waals surface area (Å²) in [7, 11) is 0. The molecule has 2 atom stereocenters. The molecule has 1 aromatic heterocycles. The van der Waals surface area contributed by atoms with Crippen molar-refractivity contribution in [3.05, 3.63) is 90.0 Å². The Bertz CT molecular complexity index is 1120. The van der Waals surface area contributed by atoms with Gasteiger partial charge in [0.05, 0.1) is 0 Å². The van der Waals surface area contributed by atoms with Crippen LogP contribution >= 0.6 is 0 Å². The zero-order chi connectivity index (χ0) is 24.5. The van der Waals surface area contributed by atoms with E-state index in [9.17, 15) is 9.59 Å². The third-order valence-corrected chi connectivity index (χ3v) is 7.60. The SMILES string of the molecule is Cc1n([C@@H]2CC[C@H](C(C(N)=O)(c3ccccc3)c3ccccc3)C2)cc[n+]1CC(=O)C(C)(C)C. The van der Waals surface area contributed by atoms with Crippen LogP contribution < -0.4 is 10.3 Å². The number of aromatic nitrogens is 2. The minimum atomic E-state index is -0.878. The number of benzene rings is 2. The maximum Gasteiger partial charge on any atom is 0.253 e. The lowest BCUT2D eigenvalue weighted by Gasteiger charge is -2.37. The third kappa shape index (κ3) is 4.20. The Morgan fingerprint density at radius 1 is 0.971 bits per heavy atom. The zero-order valence-electron chi connectivity index (χ0n) is 20.7. The Balaban J connectivity index is 1.68. The molecule has 0 aliphatic heterocycles. The molecular formula is C29H36N3O2+. The largest absolute Gasteiger partial charge is 0.369 e. The second-order valence-corrected chi connectivity index (χ2v) is 10.6. The Hall–Kier alpha value is -3.21. The molecule has 1 aliphatic rings. The van der Waals surface area contributed by atoms with Crippen LogP contribution in [-0.4, -0.2) is 16.3 Å². The Kier molecular flexibility index (Phi) is 6.48. The van der Waals surface area contributed by atoms with Gasteiger partial charge in [0, 0.05) is 12.3 Å². The van der Waals surface area contributed by atoms with Gasteiger partial charge in [-0.2, -0.15) is 0 Å². The summed E-state index contributed by atoms with van der Waals surface area (Å²) >= 11 is 0. The first-order valence-corrected chi connectivity index (χ1v) is 12.2. The average molecular weight is 459 g/mol. The Labute approximate surface area is 202 Å². The number of carbonyl (C=O) groups is 2. The van der Waals surface area contributed by atoms with E-state index in [0.29, 0.717) is 6.54 Å². The van der Waals surface area contributed by atoms with E-state index in [4.69, 9.17) is 5.73 Å². The molecule has 5 heteroatoms. The molecule has 178 valence electrons. The number of carbonyl (C=O) groups excluding carboxylic acids is 2. The van der Waals surface area contributed by atoms with Gasteiger partial charge in [-0.05, 0) is 36.3 Å². The van der Waals surface area contributed by atoms with Gasteiger partial charge >= 0.3 is 0 Å². The summed E-state index contributed by atoms with van der Waals surface area (Å²) in [5.41, 5.74) is 6.90. The lowest BCUT2D eigenvalue weighted by atomic mass is 9.64. The van der Waals surface area contributed by atoms with Gasteiger partial charge < -0.3 is 5.73 Å². The zero-order valence-corrected chi connectivity index (χ0v) is 20.7. The summed E-state index contributed by atoms with van der Waals surface area (Å²) in [4.78, 5) is 25.9. The Morgan fingerprint density at radius 3 is 2.03 bits per heavy atom. The second kappa shape index (κ2) is 9.21. The van der Waals surface area contributed by atoms with Gasteiger partial charge in [0.15, 0.2) is 5.78 Å². The number of primary amides is 1. The van der Waals surface area contributed by atoms with Crippen LogP contribution in [0.15, 0.2) is 73.1 Å². The van der Waals surface area contributed by atoms with E-state index in [2.05, 4.69) is 17.7 Å². The number of Topliss-reactive ketones (excluding diaryl/α,β-unsaturated/α-hetero) is 1. The van der Waals surface area contributed by atoms with Crippen LogP contribution in [0.25, 0.3) is 0 Å². The van der Waals surface area contributed by atoms with Crippen molar-refractivity contribution in [2.75, 3.05) is 0 Å². The van der Waals surface area contributed by atoms with Gasteiger partial charge in [0.25, 0.3) is 5.82 Å². The van der Waals surface area contributed by atoms with Gasteiger partial charge in [-0.3, -0.25) is 9.59 Å². The number of amides is 1. The number of nitrogens with two attached hydrogens (primary N) is 1. The number of imidazole rings is 1. The molecule has 1 heterocycles. The molecule has 0 radical (unpaired) electrons. The van der Waals surface area contributed by atoms with Crippen molar-refractivity contribution < 1.29 is 14.2 Å². The fraction of sp³-hybridized carbons (Fsp3) is 0.414. The lowest BCUT2D eigenvalue weighted by Crippen LogP contribution is -2.47. The third-order valence-electron chi connectivity index (χ3n) is 7.60. The minimum absolute atomic E-state index is 0.0752. The van der Waals surface area contributed by atoms with Crippen molar-refractivity contribution in [1.29, 1.82) is 0 Å². The normalized spacial score (nSPS) is 18.7. The molecular weight excluding hydrogens is 422 g/mol. The van der Waals surface area contributed by atoms with Gasteiger partial charge in [-0.1, -0.05) is 81.4 Å². The number of ketones is 1. The van der Waals surface area contributed by atoms with Gasteiger partial charge in [-0.25, -0.2) is 9.13 Å². The second-order valence-electron chi connectivity index (χ2n) is 10.6. The fourth-order valence-electron chi connectivity index (χ4n) is 5.59. The Morgan fingerprint density at radius 2 is 1.53 bits per heavy atom. The number of nitrogens with zero attached hydrogens (tertiary/aromatic N) is 2. The van der Waals surface area contributed by atoms with E-state index in [1.54, 1.807) is 0 Å². The smallest absolute Gasteiger partial charge is 0.253 e. The van der Waals surface area contributed by atoms with E-state index >= 15 is 0 Å². The van der Waals surface area contributed by atoms with Crippen molar-refractivity contribution in [2.45, 2.75) is 65.0 Å². The van der Waals surface area contributed by atoms with Crippen LogP contribution in [0.1, 0.15) is 63.0 Å². The van der Waals surface area contributed by atoms with E-state index < -0.39 is 5.41 Å². The maximum absolute atomic E-state index is 13.3. The number of hydrogen-bond acceptors (Lipinski definition) is 2. The summed E-state index contributed by atoms with van der Waals surface area (Å²) in [5, 5.41) is 0. The van der Waals surface area contributed by atoms with Crippen LogP contribution in [0.2, 0.25) is 0 Å². The van der Waals surface area contributed by atoms with E-state index in [1.165, 1.54) is 0 Å². The standard InChI is InChI=1S/C29H35N3O2/c1-21-31(20-26(33)28(2,3)4)17-18-32(21)25-16-15-24(19-25)29(27(30)34,22-11-7-5-8-12-22)23-13-9-6-10-14-23/h5-14,17-18,24-25H,15-16,19-20H2,1-4H3,(H-,30,34)/p+1/t24-,25+/m0/s1. The van der Waals surface area contributed by atoms with E-state index in [1.807, 2.05) is 92.2 Å². The molecule has 0 bridgehead atoms. The van der Waals surface area contributed by atoms with E-state index in [0.717, 1.165) is 36.2 Å². The lowest BCUT2D eigenvalue weighted by molar-refractivity contribution is -0.690. The van der Waals surface area contributed by atoms with Crippen molar-refractivity contribution >= 4 is 11.7 Å². The predicted octanol–water partition coefficient (Wildman–Crippen LogP) is 4.51. The first kappa shape index (κ1) is 23.9.